The number of hydrogen-bond donors (Lipinski definition) is 1. The smallest absolute Gasteiger partial charge is 0.251 e. The number of carbonyl (C=O) groups is 1. The van der Waals surface area contributed by atoms with Gasteiger partial charge in [0.2, 0.25) is 0 Å². The number of nitrogens with one attached hydrogen (secondary N) is 1. The van der Waals surface area contributed by atoms with Gasteiger partial charge in [0.15, 0.2) is 0 Å². The van der Waals surface area contributed by atoms with Crippen molar-refractivity contribution >= 4 is 11.5 Å². The number of allylic oxidation sites excluding steroid dienone is 4. The van der Waals surface area contributed by atoms with E-state index < -0.39 is 0 Å². The van der Waals surface area contributed by atoms with E-state index >= 15 is 0 Å². The third kappa shape index (κ3) is 3.31. The lowest BCUT2D eigenvalue weighted by molar-refractivity contribution is 0.0951. The van der Waals surface area contributed by atoms with Crippen molar-refractivity contribution in [2.24, 2.45) is 0 Å². The zero-order chi connectivity index (χ0) is 15.4. The summed E-state index contributed by atoms with van der Waals surface area (Å²) in [5.41, 5.74) is 3.73. The topological polar surface area (TPSA) is 29.1 Å². The van der Waals surface area contributed by atoms with Crippen LogP contribution in [0.15, 0.2) is 66.8 Å². The average molecular weight is 293 g/mol. The van der Waals surface area contributed by atoms with E-state index in [1.54, 1.807) is 12.1 Å². The van der Waals surface area contributed by atoms with E-state index in [0.717, 1.165) is 17.5 Å². The van der Waals surface area contributed by atoms with Crippen molar-refractivity contribution in [2.45, 2.75) is 13.0 Å². The Hall–Kier alpha value is -2.68. The van der Waals surface area contributed by atoms with Gasteiger partial charge in [0.25, 0.3) is 5.91 Å². The van der Waals surface area contributed by atoms with Crippen LogP contribution in [0.2, 0.25) is 0 Å². The molecule has 0 aromatic heterocycles. The maximum absolute atomic E-state index is 13.1. The molecule has 0 fully saturated rings. The van der Waals surface area contributed by atoms with Crippen LogP contribution in [0.25, 0.3) is 5.57 Å². The summed E-state index contributed by atoms with van der Waals surface area (Å²) < 4.78 is 13.1. The summed E-state index contributed by atoms with van der Waals surface area (Å²) in [6, 6.07) is 13.8. The molecule has 1 N–H and O–H groups in total. The normalized spacial score (nSPS) is 13.0. The maximum Gasteiger partial charge on any atom is 0.251 e. The Balaban J connectivity index is 1.62. The molecule has 3 heteroatoms. The molecule has 22 heavy (non-hydrogen) atoms. The second-order valence-corrected chi connectivity index (χ2v) is 5.21. The summed E-state index contributed by atoms with van der Waals surface area (Å²) in [5.74, 6) is -0.455. The van der Waals surface area contributed by atoms with Crippen molar-refractivity contribution in [3.05, 3.63) is 89.3 Å². The predicted molar refractivity (Wildman–Crippen MR) is 85.7 cm³/mol. The molecular weight excluding hydrogens is 277 g/mol. The fourth-order valence-corrected chi connectivity index (χ4v) is 2.43. The SMILES string of the molecule is O=C(NCc1cccc(F)c1)c1ccc(C2=CC=CC2)cc1. The van der Waals surface area contributed by atoms with E-state index in [4.69, 9.17) is 0 Å². The van der Waals surface area contributed by atoms with Crippen LogP contribution >= 0.6 is 0 Å². The molecule has 0 saturated heterocycles. The first-order valence-electron chi connectivity index (χ1n) is 7.21. The molecule has 0 radical (unpaired) electrons. The third-order valence-electron chi connectivity index (χ3n) is 3.63. The van der Waals surface area contributed by atoms with Crippen molar-refractivity contribution in [3.8, 4) is 0 Å². The first-order chi connectivity index (χ1) is 10.7. The zero-order valence-corrected chi connectivity index (χ0v) is 12.1. The maximum atomic E-state index is 13.1. The second kappa shape index (κ2) is 6.39. The highest BCUT2D eigenvalue weighted by molar-refractivity contribution is 5.94. The molecule has 1 aliphatic rings. The molecule has 1 amide bonds. The van der Waals surface area contributed by atoms with Gasteiger partial charge in [0, 0.05) is 12.1 Å². The fraction of sp³-hybridized carbons (Fsp3) is 0.105. The summed E-state index contributed by atoms with van der Waals surface area (Å²) >= 11 is 0. The van der Waals surface area contributed by atoms with Gasteiger partial charge < -0.3 is 5.32 Å². The highest BCUT2D eigenvalue weighted by atomic mass is 19.1. The fourth-order valence-electron chi connectivity index (χ4n) is 2.43. The lowest BCUT2D eigenvalue weighted by Gasteiger charge is -2.07. The molecular formula is C19H16FNO. The summed E-state index contributed by atoms with van der Waals surface area (Å²) in [7, 11) is 0. The lowest BCUT2D eigenvalue weighted by atomic mass is 10.0. The van der Waals surface area contributed by atoms with Gasteiger partial charge in [0.05, 0.1) is 0 Å². The Morgan fingerprint density at radius 3 is 2.64 bits per heavy atom. The molecule has 0 atom stereocenters. The van der Waals surface area contributed by atoms with Crippen molar-refractivity contribution < 1.29 is 9.18 Å². The van der Waals surface area contributed by atoms with Crippen LogP contribution < -0.4 is 5.32 Å². The molecule has 2 nitrogen and oxygen atoms in total. The highest BCUT2D eigenvalue weighted by Gasteiger charge is 2.07. The largest absolute Gasteiger partial charge is 0.348 e. The summed E-state index contributed by atoms with van der Waals surface area (Å²) in [5, 5.41) is 2.80. The average Bonchev–Trinajstić information content (AvgIpc) is 3.07. The van der Waals surface area contributed by atoms with Gasteiger partial charge in [-0.2, -0.15) is 0 Å². The van der Waals surface area contributed by atoms with E-state index in [1.807, 2.05) is 30.3 Å². The molecule has 0 heterocycles. The van der Waals surface area contributed by atoms with Gasteiger partial charge in [-0.25, -0.2) is 4.39 Å². The Morgan fingerprint density at radius 2 is 1.95 bits per heavy atom. The minimum Gasteiger partial charge on any atom is -0.348 e. The van der Waals surface area contributed by atoms with Crippen LogP contribution in [0, 0.1) is 5.82 Å². The summed E-state index contributed by atoms with van der Waals surface area (Å²) in [6.45, 7) is 0.313. The standard InChI is InChI=1S/C19H16FNO/c20-18-7-3-4-14(12-18)13-21-19(22)17-10-8-16(9-11-17)15-5-1-2-6-15/h1-5,7-12H,6,13H2,(H,21,22). The number of rotatable bonds is 4. The minimum absolute atomic E-state index is 0.158. The van der Waals surface area contributed by atoms with Gasteiger partial charge in [-0.15, -0.1) is 0 Å². The predicted octanol–water partition coefficient (Wildman–Crippen LogP) is 4.10. The minimum atomic E-state index is -0.297. The van der Waals surface area contributed by atoms with Crippen molar-refractivity contribution in [3.63, 3.8) is 0 Å². The third-order valence-corrected chi connectivity index (χ3v) is 3.63. The Bertz CT molecular complexity index is 744. The number of benzene rings is 2. The number of carbonyl (C=O) groups excluding carboxylic acids is 1. The molecule has 3 rings (SSSR count). The molecule has 1 aliphatic carbocycles. The van der Waals surface area contributed by atoms with Crippen LogP contribution in [0.3, 0.4) is 0 Å². The number of hydrogen-bond acceptors (Lipinski definition) is 1. The van der Waals surface area contributed by atoms with E-state index in [0.29, 0.717) is 12.1 Å². The van der Waals surface area contributed by atoms with Crippen LogP contribution in [-0.4, -0.2) is 5.91 Å². The van der Waals surface area contributed by atoms with Crippen molar-refractivity contribution in [1.82, 2.24) is 5.32 Å². The first kappa shape index (κ1) is 14.3. The van der Waals surface area contributed by atoms with Gasteiger partial charge in [0.1, 0.15) is 5.82 Å². The molecule has 0 aliphatic heterocycles. The van der Waals surface area contributed by atoms with Crippen LogP contribution in [-0.2, 0) is 6.54 Å². The summed E-state index contributed by atoms with van der Waals surface area (Å²) in [4.78, 5) is 12.1. The van der Waals surface area contributed by atoms with Crippen LogP contribution in [0.5, 0.6) is 0 Å². The van der Waals surface area contributed by atoms with E-state index in [1.165, 1.54) is 17.7 Å². The van der Waals surface area contributed by atoms with E-state index in [2.05, 4.69) is 17.5 Å². The molecule has 0 unspecified atom stereocenters. The summed E-state index contributed by atoms with van der Waals surface area (Å²) in [6.07, 6.45) is 7.16. The lowest BCUT2D eigenvalue weighted by Crippen LogP contribution is -2.22. The Morgan fingerprint density at radius 1 is 1.14 bits per heavy atom. The number of amides is 1. The quantitative estimate of drug-likeness (QED) is 0.903. The first-order valence-corrected chi connectivity index (χ1v) is 7.21. The molecule has 0 saturated carbocycles. The van der Waals surface area contributed by atoms with Crippen molar-refractivity contribution in [1.29, 1.82) is 0 Å². The molecule has 0 spiro atoms. The monoisotopic (exact) mass is 293 g/mol. The van der Waals surface area contributed by atoms with Crippen molar-refractivity contribution in [2.75, 3.05) is 0 Å². The molecule has 110 valence electrons. The Labute approximate surface area is 129 Å². The Kier molecular flexibility index (Phi) is 4.15. The van der Waals surface area contributed by atoms with Gasteiger partial charge >= 0.3 is 0 Å². The van der Waals surface area contributed by atoms with E-state index in [-0.39, 0.29) is 11.7 Å². The van der Waals surface area contributed by atoms with Gasteiger partial charge in [-0.05, 0) is 47.4 Å². The van der Waals surface area contributed by atoms with E-state index in [9.17, 15) is 9.18 Å². The molecule has 2 aromatic carbocycles. The molecule has 2 aromatic rings. The van der Waals surface area contributed by atoms with Gasteiger partial charge in [-0.3, -0.25) is 4.79 Å². The van der Waals surface area contributed by atoms with Crippen LogP contribution in [0.4, 0.5) is 4.39 Å². The van der Waals surface area contributed by atoms with Gasteiger partial charge in [-0.1, -0.05) is 42.5 Å². The second-order valence-electron chi connectivity index (χ2n) is 5.21. The molecule has 0 bridgehead atoms. The highest BCUT2D eigenvalue weighted by Crippen LogP contribution is 2.23. The van der Waals surface area contributed by atoms with Crippen LogP contribution in [0.1, 0.15) is 27.9 Å². The number of halogens is 1. The zero-order valence-electron chi connectivity index (χ0n) is 12.1.